The number of rotatable bonds is 4. The molecule has 8 heteroatoms. The topological polar surface area (TPSA) is 92.4 Å². The van der Waals surface area contributed by atoms with Crippen molar-refractivity contribution in [2.75, 3.05) is 12.3 Å². The van der Waals surface area contributed by atoms with E-state index in [1.165, 1.54) is 6.92 Å². The van der Waals surface area contributed by atoms with E-state index in [-0.39, 0.29) is 21.7 Å². The smallest absolute Gasteiger partial charge is 0.242 e. The molecule has 0 spiro atoms. The third-order valence-corrected chi connectivity index (χ3v) is 4.52. The molecule has 1 unspecified atom stereocenters. The van der Waals surface area contributed by atoms with Gasteiger partial charge in [0.2, 0.25) is 10.0 Å². The molecule has 0 aliphatic carbocycles. The minimum Gasteiger partial charge on any atom is -0.396 e. The van der Waals surface area contributed by atoms with E-state index in [0.717, 1.165) is 12.1 Å². The van der Waals surface area contributed by atoms with Crippen LogP contribution < -0.4 is 10.5 Å². The summed E-state index contributed by atoms with van der Waals surface area (Å²) in [5.41, 5.74) is 5.05. The van der Waals surface area contributed by atoms with Crippen LogP contribution >= 0.6 is 15.9 Å². The second-order valence-electron chi connectivity index (χ2n) is 3.51. The Morgan fingerprint density at radius 1 is 1.59 bits per heavy atom. The van der Waals surface area contributed by atoms with E-state index < -0.39 is 21.9 Å². The van der Waals surface area contributed by atoms with Gasteiger partial charge < -0.3 is 10.8 Å². The molecule has 0 aliphatic rings. The number of nitrogens with two attached hydrogens (primary N) is 1. The Hall–Kier alpha value is -0.700. The minimum absolute atomic E-state index is 0.0711. The minimum atomic E-state index is -3.85. The summed E-state index contributed by atoms with van der Waals surface area (Å²) in [6.45, 7) is 1.16. The maximum Gasteiger partial charge on any atom is 0.242 e. The summed E-state index contributed by atoms with van der Waals surface area (Å²) in [5, 5.41) is 8.79. The molecule has 0 aliphatic heterocycles. The molecule has 0 heterocycles. The van der Waals surface area contributed by atoms with Crippen LogP contribution in [0.4, 0.5) is 10.1 Å². The van der Waals surface area contributed by atoms with Crippen LogP contribution in [0.5, 0.6) is 0 Å². The molecule has 1 atom stereocenters. The zero-order chi connectivity index (χ0) is 13.2. The largest absolute Gasteiger partial charge is 0.396 e. The van der Waals surface area contributed by atoms with Gasteiger partial charge in [-0.15, -0.1) is 0 Å². The SMILES string of the molecule is CC(CO)NS(=O)(=O)c1cc(N)c(F)cc1Br. The van der Waals surface area contributed by atoms with Gasteiger partial charge in [0.1, 0.15) is 5.82 Å². The van der Waals surface area contributed by atoms with Crippen LogP contribution in [-0.2, 0) is 10.0 Å². The maximum absolute atomic E-state index is 13.1. The number of hydrogen-bond acceptors (Lipinski definition) is 4. The summed E-state index contributed by atoms with van der Waals surface area (Å²) in [7, 11) is -3.85. The molecular formula is C9H12BrFN2O3S. The van der Waals surface area contributed by atoms with Crippen LogP contribution in [0.2, 0.25) is 0 Å². The maximum atomic E-state index is 13.1. The third kappa shape index (κ3) is 3.38. The fourth-order valence-corrected chi connectivity index (χ4v) is 3.40. The van der Waals surface area contributed by atoms with E-state index >= 15 is 0 Å². The zero-order valence-electron chi connectivity index (χ0n) is 8.94. The van der Waals surface area contributed by atoms with E-state index in [2.05, 4.69) is 20.7 Å². The number of hydrogen-bond donors (Lipinski definition) is 3. The van der Waals surface area contributed by atoms with Gasteiger partial charge in [0, 0.05) is 10.5 Å². The number of sulfonamides is 1. The van der Waals surface area contributed by atoms with Gasteiger partial charge in [-0.3, -0.25) is 0 Å². The monoisotopic (exact) mass is 326 g/mol. The van der Waals surface area contributed by atoms with Crippen molar-refractivity contribution in [2.24, 2.45) is 0 Å². The zero-order valence-corrected chi connectivity index (χ0v) is 11.3. The number of nitrogen functional groups attached to an aromatic ring is 1. The lowest BCUT2D eigenvalue weighted by molar-refractivity contribution is 0.265. The van der Waals surface area contributed by atoms with Crippen LogP contribution in [0.15, 0.2) is 21.5 Å². The lowest BCUT2D eigenvalue weighted by Gasteiger charge is -2.13. The average Bonchev–Trinajstić information content (AvgIpc) is 2.22. The Bertz CT molecular complexity index is 521. The molecule has 1 aromatic rings. The second kappa shape index (κ2) is 5.30. The molecule has 1 rings (SSSR count). The lowest BCUT2D eigenvalue weighted by atomic mass is 10.3. The highest BCUT2D eigenvalue weighted by Gasteiger charge is 2.21. The molecule has 17 heavy (non-hydrogen) atoms. The highest BCUT2D eigenvalue weighted by molar-refractivity contribution is 9.10. The highest BCUT2D eigenvalue weighted by Crippen LogP contribution is 2.26. The summed E-state index contributed by atoms with van der Waals surface area (Å²) in [5.74, 6) is -0.703. The molecule has 4 N–H and O–H groups in total. The van der Waals surface area contributed by atoms with Crippen molar-refractivity contribution in [1.29, 1.82) is 0 Å². The number of anilines is 1. The van der Waals surface area contributed by atoms with Crippen LogP contribution in [-0.4, -0.2) is 26.2 Å². The molecule has 0 radical (unpaired) electrons. The third-order valence-electron chi connectivity index (χ3n) is 1.97. The van der Waals surface area contributed by atoms with Gasteiger partial charge in [-0.25, -0.2) is 17.5 Å². The van der Waals surface area contributed by atoms with E-state index in [1.807, 2.05) is 0 Å². The Labute approximate surface area is 107 Å². The summed E-state index contributed by atoms with van der Waals surface area (Å²) >= 11 is 2.95. The van der Waals surface area contributed by atoms with Gasteiger partial charge in [0.05, 0.1) is 17.2 Å². The molecule has 1 aromatic carbocycles. The number of aliphatic hydroxyl groups is 1. The van der Waals surface area contributed by atoms with Crippen molar-refractivity contribution in [3.05, 3.63) is 22.4 Å². The first kappa shape index (κ1) is 14.4. The average molecular weight is 327 g/mol. The molecule has 0 fully saturated rings. The molecule has 5 nitrogen and oxygen atoms in total. The van der Waals surface area contributed by atoms with Crippen molar-refractivity contribution in [1.82, 2.24) is 4.72 Å². The molecule has 0 amide bonds. The van der Waals surface area contributed by atoms with E-state index in [9.17, 15) is 12.8 Å². The predicted molar refractivity (Wildman–Crippen MR) is 65.4 cm³/mol. The quantitative estimate of drug-likeness (QED) is 0.714. The summed E-state index contributed by atoms with van der Waals surface area (Å²) in [4.78, 5) is -0.170. The Morgan fingerprint density at radius 2 is 2.18 bits per heavy atom. The van der Waals surface area contributed by atoms with Gasteiger partial charge in [0.15, 0.2) is 0 Å². The summed E-state index contributed by atoms with van der Waals surface area (Å²) < 4.78 is 39.1. The first-order valence-electron chi connectivity index (χ1n) is 4.65. The van der Waals surface area contributed by atoms with Gasteiger partial charge in [-0.1, -0.05) is 0 Å². The fourth-order valence-electron chi connectivity index (χ4n) is 1.12. The molecule has 96 valence electrons. The summed E-state index contributed by atoms with van der Waals surface area (Å²) in [6.07, 6.45) is 0. The van der Waals surface area contributed by atoms with Crippen molar-refractivity contribution >= 4 is 31.6 Å². The van der Waals surface area contributed by atoms with Gasteiger partial charge >= 0.3 is 0 Å². The normalized spacial score (nSPS) is 13.6. The van der Waals surface area contributed by atoms with Crippen molar-refractivity contribution in [2.45, 2.75) is 17.9 Å². The van der Waals surface area contributed by atoms with Gasteiger partial charge in [-0.05, 0) is 35.0 Å². The number of benzene rings is 1. The van der Waals surface area contributed by atoms with Crippen LogP contribution in [0.1, 0.15) is 6.92 Å². The number of aliphatic hydroxyl groups excluding tert-OH is 1. The van der Waals surface area contributed by atoms with Crippen molar-refractivity contribution in [3.63, 3.8) is 0 Å². The first-order valence-corrected chi connectivity index (χ1v) is 6.93. The van der Waals surface area contributed by atoms with Crippen LogP contribution in [0.25, 0.3) is 0 Å². The van der Waals surface area contributed by atoms with Gasteiger partial charge in [0.25, 0.3) is 0 Å². The Kier molecular flexibility index (Phi) is 4.48. The molecule has 0 aromatic heterocycles. The van der Waals surface area contributed by atoms with Crippen molar-refractivity contribution in [3.8, 4) is 0 Å². The van der Waals surface area contributed by atoms with E-state index in [4.69, 9.17) is 10.8 Å². The molecule has 0 saturated heterocycles. The standard InChI is InChI=1S/C9H12BrFN2O3S/c1-5(4-14)13-17(15,16)9-3-8(12)7(11)2-6(9)10/h2-3,5,13-14H,4,12H2,1H3. The van der Waals surface area contributed by atoms with Gasteiger partial charge in [-0.2, -0.15) is 0 Å². The summed E-state index contributed by atoms with van der Waals surface area (Å²) in [6, 6.07) is 1.36. The van der Waals surface area contributed by atoms with Crippen LogP contribution in [0, 0.1) is 5.82 Å². The Balaban J connectivity index is 3.20. The molecular weight excluding hydrogens is 315 g/mol. The predicted octanol–water partition coefficient (Wildman–Crippen LogP) is 0.829. The number of nitrogens with one attached hydrogen (secondary N) is 1. The lowest BCUT2D eigenvalue weighted by Crippen LogP contribution is -2.35. The van der Waals surface area contributed by atoms with Crippen molar-refractivity contribution < 1.29 is 17.9 Å². The highest BCUT2D eigenvalue weighted by atomic mass is 79.9. The molecule has 0 saturated carbocycles. The first-order chi connectivity index (χ1) is 7.77. The second-order valence-corrected chi connectivity index (χ2v) is 6.05. The molecule has 0 bridgehead atoms. The fraction of sp³-hybridized carbons (Fsp3) is 0.333. The van der Waals surface area contributed by atoms with E-state index in [0.29, 0.717) is 0 Å². The number of halogens is 2. The van der Waals surface area contributed by atoms with Crippen LogP contribution in [0.3, 0.4) is 0 Å². The van der Waals surface area contributed by atoms with E-state index in [1.54, 1.807) is 0 Å². The Morgan fingerprint density at radius 3 is 2.71 bits per heavy atom.